The third-order valence-corrected chi connectivity index (χ3v) is 3.89. The molecule has 0 aliphatic rings. The Balaban J connectivity index is 2.86. The van der Waals surface area contributed by atoms with Crippen molar-refractivity contribution >= 4 is 11.6 Å². The molecule has 1 rings (SSSR count). The topological polar surface area (TPSA) is 12.0 Å². The highest BCUT2D eigenvalue weighted by atomic mass is 35.5. The van der Waals surface area contributed by atoms with Gasteiger partial charge < -0.3 is 5.32 Å². The SMILES string of the molecule is CCCNC(c1ccc(Cl)cc1)C(CCC)CCC. The number of nitrogens with one attached hydrogen (secondary N) is 1. The van der Waals surface area contributed by atoms with Crippen LogP contribution in [-0.2, 0) is 0 Å². The van der Waals surface area contributed by atoms with Gasteiger partial charge in [-0.2, -0.15) is 0 Å². The number of halogens is 1. The maximum absolute atomic E-state index is 6.00. The molecule has 1 aromatic rings. The first-order chi connectivity index (χ1) is 9.22. The first-order valence-corrected chi connectivity index (χ1v) is 8.09. The van der Waals surface area contributed by atoms with E-state index in [0.717, 1.165) is 17.5 Å². The monoisotopic (exact) mass is 281 g/mol. The predicted octanol–water partition coefficient (Wildman–Crippen LogP) is 5.60. The summed E-state index contributed by atoms with van der Waals surface area (Å²) < 4.78 is 0. The lowest BCUT2D eigenvalue weighted by atomic mass is 9.86. The molecule has 1 aromatic carbocycles. The number of benzene rings is 1. The van der Waals surface area contributed by atoms with Crippen LogP contribution >= 0.6 is 11.6 Å². The first-order valence-electron chi connectivity index (χ1n) is 7.71. The van der Waals surface area contributed by atoms with Crippen molar-refractivity contribution < 1.29 is 0 Å². The fraction of sp³-hybridized carbons (Fsp3) is 0.647. The van der Waals surface area contributed by atoms with Crippen LogP contribution in [0.5, 0.6) is 0 Å². The van der Waals surface area contributed by atoms with Crippen molar-refractivity contribution in [2.24, 2.45) is 5.92 Å². The van der Waals surface area contributed by atoms with Gasteiger partial charge in [0.05, 0.1) is 0 Å². The molecule has 0 aromatic heterocycles. The molecular weight excluding hydrogens is 254 g/mol. The van der Waals surface area contributed by atoms with Gasteiger partial charge >= 0.3 is 0 Å². The Kier molecular flexibility index (Phi) is 8.16. The average Bonchev–Trinajstić information content (AvgIpc) is 2.41. The van der Waals surface area contributed by atoms with E-state index in [-0.39, 0.29) is 0 Å². The highest BCUT2D eigenvalue weighted by molar-refractivity contribution is 6.30. The lowest BCUT2D eigenvalue weighted by molar-refractivity contribution is 0.316. The van der Waals surface area contributed by atoms with E-state index in [0.29, 0.717) is 6.04 Å². The van der Waals surface area contributed by atoms with Crippen molar-refractivity contribution in [2.75, 3.05) is 6.54 Å². The number of rotatable bonds is 9. The maximum Gasteiger partial charge on any atom is 0.0406 e. The number of hydrogen-bond donors (Lipinski definition) is 1. The molecule has 2 heteroatoms. The van der Waals surface area contributed by atoms with Crippen LogP contribution < -0.4 is 5.32 Å². The van der Waals surface area contributed by atoms with Crippen molar-refractivity contribution in [1.82, 2.24) is 5.32 Å². The van der Waals surface area contributed by atoms with Gasteiger partial charge in [0, 0.05) is 11.1 Å². The Bertz CT molecular complexity index is 328. The molecule has 1 atom stereocenters. The molecule has 1 nitrogen and oxygen atoms in total. The molecule has 0 heterocycles. The summed E-state index contributed by atoms with van der Waals surface area (Å²) in [7, 11) is 0. The van der Waals surface area contributed by atoms with Gasteiger partial charge in [-0.25, -0.2) is 0 Å². The molecule has 108 valence electrons. The van der Waals surface area contributed by atoms with Gasteiger partial charge in [-0.3, -0.25) is 0 Å². The third-order valence-electron chi connectivity index (χ3n) is 3.63. The van der Waals surface area contributed by atoms with Gasteiger partial charge in [-0.05, 0) is 49.4 Å². The lowest BCUT2D eigenvalue weighted by Gasteiger charge is -2.28. The molecular formula is C17H28ClN. The maximum atomic E-state index is 6.00. The van der Waals surface area contributed by atoms with Crippen molar-refractivity contribution in [1.29, 1.82) is 0 Å². The van der Waals surface area contributed by atoms with Gasteiger partial charge in [0.15, 0.2) is 0 Å². The summed E-state index contributed by atoms with van der Waals surface area (Å²) in [5, 5.41) is 4.55. The van der Waals surface area contributed by atoms with Crippen LogP contribution in [0.3, 0.4) is 0 Å². The molecule has 0 radical (unpaired) electrons. The highest BCUT2D eigenvalue weighted by Crippen LogP contribution is 2.30. The van der Waals surface area contributed by atoms with E-state index in [9.17, 15) is 0 Å². The molecule has 0 bridgehead atoms. The predicted molar refractivity (Wildman–Crippen MR) is 85.8 cm³/mol. The number of hydrogen-bond acceptors (Lipinski definition) is 1. The minimum Gasteiger partial charge on any atom is -0.310 e. The quantitative estimate of drug-likeness (QED) is 0.621. The molecule has 1 unspecified atom stereocenters. The van der Waals surface area contributed by atoms with Gasteiger partial charge in [-0.15, -0.1) is 0 Å². The van der Waals surface area contributed by atoms with Crippen molar-refractivity contribution in [3.05, 3.63) is 34.9 Å². The van der Waals surface area contributed by atoms with Crippen molar-refractivity contribution in [3.8, 4) is 0 Å². The third kappa shape index (κ3) is 5.54. The summed E-state index contributed by atoms with van der Waals surface area (Å²) in [5.41, 5.74) is 1.38. The Morgan fingerprint density at radius 3 is 2.00 bits per heavy atom. The zero-order valence-electron chi connectivity index (χ0n) is 12.6. The smallest absolute Gasteiger partial charge is 0.0406 e. The Hall–Kier alpha value is -0.530. The van der Waals surface area contributed by atoms with Gasteiger partial charge in [0.25, 0.3) is 0 Å². The van der Waals surface area contributed by atoms with Crippen LogP contribution in [-0.4, -0.2) is 6.54 Å². The lowest BCUT2D eigenvalue weighted by Crippen LogP contribution is -2.29. The van der Waals surface area contributed by atoms with Crippen molar-refractivity contribution in [2.45, 2.75) is 58.9 Å². The normalized spacial score (nSPS) is 12.9. The van der Waals surface area contributed by atoms with E-state index in [2.05, 4.69) is 38.2 Å². The summed E-state index contributed by atoms with van der Waals surface area (Å²) >= 11 is 6.00. The standard InChI is InChI=1S/C17H28ClN/c1-4-7-14(8-5-2)17(19-13-6-3)15-9-11-16(18)12-10-15/h9-12,14,17,19H,4-8,13H2,1-3H3. The van der Waals surface area contributed by atoms with Crippen LogP contribution in [0.4, 0.5) is 0 Å². The molecule has 0 aliphatic heterocycles. The van der Waals surface area contributed by atoms with E-state index in [1.807, 2.05) is 12.1 Å². The summed E-state index contributed by atoms with van der Waals surface area (Å²) in [6.07, 6.45) is 6.26. The minimum atomic E-state index is 0.470. The van der Waals surface area contributed by atoms with E-state index < -0.39 is 0 Å². The summed E-state index contributed by atoms with van der Waals surface area (Å²) in [5.74, 6) is 0.725. The summed E-state index contributed by atoms with van der Waals surface area (Å²) in [4.78, 5) is 0. The molecule has 19 heavy (non-hydrogen) atoms. The molecule has 0 amide bonds. The van der Waals surface area contributed by atoms with Crippen LogP contribution in [0.15, 0.2) is 24.3 Å². The summed E-state index contributed by atoms with van der Waals surface area (Å²) in [6, 6.07) is 8.83. The zero-order chi connectivity index (χ0) is 14.1. The second-order valence-corrected chi connectivity index (χ2v) is 5.76. The summed E-state index contributed by atoms with van der Waals surface area (Å²) in [6.45, 7) is 7.86. The average molecular weight is 282 g/mol. The molecule has 0 fully saturated rings. The molecule has 0 aliphatic carbocycles. The minimum absolute atomic E-state index is 0.470. The largest absolute Gasteiger partial charge is 0.310 e. The van der Waals surface area contributed by atoms with Gasteiger partial charge in [0.2, 0.25) is 0 Å². The zero-order valence-corrected chi connectivity index (χ0v) is 13.3. The second-order valence-electron chi connectivity index (χ2n) is 5.32. The van der Waals surface area contributed by atoms with Crippen LogP contribution in [0.25, 0.3) is 0 Å². The molecule has 0 saturated carbocycles. The Morgan fingerprint density at radius 1 is 0.947 bits per heavy atom. The highest BCUT2D eigenvalue weighted by Gasteiger charge is 2.21. The molecule has 1 N–H and O–H groups in total. The Morgan fingerprint density at radius 2 is 1.53 bits per heavy atom. The Labute approximate surface area is 123 Å². The van der Waals surface area contributed by atoms with E-state index in [1.165, 1.54) is 37.7 Å². The van der Waals surface area contributed by atoms with E-state index in [1.54, 1.807) is 0 Å². The van der Waals surface area contributed by atoms with E-state index in [4.69, 9.17) is 11.6 Å². The first kappa shape index (κ1) is 16.5. The molecule has 0 saturated heterocycles. The van der Waals surface area contributed by atoms with Gasteiger partial charge in [0.1, 0.15) is 0 Å². The van der Waals surface area contributed by atoms with Gasteiger partial charge in [-0.1, -0.05) is 57.3 Å². The van der Waals surface area contributed by atoms with Crippen LogP contribution in [0.1, 0.15) is 64.5 Å². The van der Waals surface area contributed by atoms with E-state index >= 15 is 0 Å². The fourth-order valence-corrected chi connectivity index (χ4v) is 2.87. The van der Waals surface area contributed by atoms with Crippen molar-refractivity contribution in [3.63, 3.8) is 0 Å². The molecule has 0 spiro atoms. The fourth-order valence-electron chi connectivity index (χ4n) is 2.75. The van der Waals surface area contributed by atoms with Crippen LogP contribution in [0, 0.1) is 5.92 Å². The second kappa shape index (κ2) is 9.39. The van der Waals surface area contributed by atoms with Crippen LogP contribution in [0.2, 0.25) is 5.02 Å².